The molecular formula is C9H13N3O3. The van der Waals surface area contributed by atoms with Crippen molar-refractivity contribution < 1.29 is 14.7 Å². The summed E-state index contributed by atoms with van der Waals surface area (Å²) in [5.41, 5.74) is 1.57. The molecule has 6 nitrogen and oxygen atoms in total. The Morgan fingerprint density at radius 2 is 2.47 bits per heavy atom. The Kier molecular flexibility index (Phi) is 3.43. The predicted octanol–water partition coefficient (Wildman–Crippen LogP) is -0.00968. The number of hydrogen-bond donors (Lipinski definition) is 2. The van der Waals surface area contributed by atoms with Crippen molar-refractivity contribution in [2.75, 3.05) is 0 Å². The minimum absolute atomic E-state index is 0.148. The van der Waals surface area contributed by atoms with Crippen molar-refractivity contribution in [1.29, 1.82) is 0 Å². The molecule has 0 bridgehead atoms. The van der Waals surface area contributed by atoms with Gasteiger partial charge in [0.25, 0.3) is 0 Å². The van der Waals surface area contributed by atoms with Crippen molar-refractivity contribution in [3.8, 4) is 0 Å². The lowest BCUT2D eigenvalue weighted by molar-refractivity contribution is -0.137. The quantitative estimate of drug-likeness (QED) is 0.671. The summed E-state index contributed by atoms with van der Waals surface area (Å²) >= 11 is 0. The molecule has 0 unspecified atom stereocenters. The number of rotatable bonds is 5. The Morgan fingerprint density at radius 3 is 2.87 bits per heavy atom. The van der Waals surface area contributed by atoms with E-state index in [4.69, 9.17) is 5.11 Å². The molecule has 0 aliphatic heterocycles. The first-order valence-electron chi connectivity index (χ1n) is 4.46. The van der Waals surface area contributed by atoms with Crippen LogP contribution in [-0.2, 0) is 16.6 Å². The third kappa shape index (κ3) is 2.55. The van der Waals surface area contributed by atoms with Gasteiger partial charge in [-0.1, -0.05) is 0 Å². The van der Waals surface area contributed by atoms with Crippen LogP contribution >= 0.6 is 0 Å². The third-order valence-corrected chi connectivity index (χ3v) is 2.30. The number of nitrogens with one attached hydrogen (secondary N) is 1. The highest BCUT2D eigenvalue weighted by atomic mass is 16.4. The molecule has 6 heteroatoms. The highest BCUT2D eigenvalue weighted by Crippen LogP contribution is 2.19. The summed E-state index contributed by atoms with van der Waals surface area (Å²) in [6.45, 7) is 1.82. The zero-order chi connectivity index (χ0) is 11.4. The van der Waals surface area contributed by atoms with Crippen molar-refractivity contribution in [3.63, 3.8) is 0 Å². The summed E-state index contributed by atoms with van der Waals surface area (Å²) in [6, 6.07) is -0.520. The monoisotopic (exact) mass is 211 g/mol. The second-order valence-electron chi connectivity index (χ2n) is 3.24. The topological polar surface area (TPSA) is 84.2 Å². The van der Waals surface area contributed by atoms with Crippen LogP contribution < -0.4 is 5.32 Å². The van der Waals surface area contributed by atoms with Gasteiger partial charge in [-0.05, 0) is 6.92 Å². The Bertz CT molecular complexity index is 373. The van der Waals surface area contributed by atoms with Gasteiger partial charge in [0.15, 0.2) is 0 Å². The van der Waals surface area contributed by atoms with Crippen LogP contribution in [0.25, 0.3) is 0 Å². The Morgan fingerprint density at radius 1 is 1.80 bits per heavy atom. The predicted molar refractivity (Wildman–Crippen MR) is 52.1 cm³/mol. The fraction of sp³-hybridized carbons (Fsp3) is 0.444. The summed E-state index contributed by atoms with van der Waals surface area (Å²) in [6.07, 6.45) is 1.92. The van der Waals surface area contributed by atoms with Crippen LogP contribution in [0.2, 0.25) is 0 Å². The molecule has 0 aliphatic carbocycles. The number of carbonyl (C=O) groups excluding carboxylic acids is 1. The van der Waals surface area contributed by atoms with Gasteiger partial charge < -0.3 is 10.4 Å². The van der Waals surface area contributed by atoms with Gasteiger partial charge in [-0.25, -0.2) is 0 Å². The molecule has 2 N–H and O–H groups in total. The highest BCUT2D eigenvalue weighted by Gasteiger charge is 2.18. The molecule has 15 heavy (non-hydrogen) atoms. The first-order chi connectivity index (χ1) is 7.06. The zero-order valence-electron chi connectivity index (χ0n) is 8.60. The minimum Gasteiger partial charge on any atom is -0.481 e. The standard InChI is InChI=1S/C9H13N3O3/c1-6-7(4-11-12(6)2)8(10-5-13)3-9(14)15/h4-5,8H,3H2,1-2H3,(H,10,13)(H,14,15)/t8-/m0/s1. The van der Waals surface area contributed by atoms with Crippen LogP contribution in [0.5, 0.6) is 0 Å². The van der Waals surface area contributed by atoms with Crippen LogP contribution in [0.15, 0.2) is 6.20 Å². The van der Waals surface area contributed by atoms with Crippen LogP contribution in [-0.4, -0.2) is 27.3 Å². The summed E-state index contributed by atoms with van der Waals surface area (Å²) in [7, 11) is 1.76. The number of carboxylic acids is 1. The van der Waals surface area contributed by atoms with Gasteiger partial charge in [-0.2, -0.15) is 5.10 Å². The van der Waals surface area contributed by atoms with Gasteiger partial charge in [-0.15, -0.1) is 0 Å². The van der Waals surface area contributed by atoms with E-state index in [1.807, 2.05) is 6.92 Å². The maximum Gasteiger partial charge on any atom is 0.305 e. The molecule has 1 amide bonds. The van der Waals surface area contributed by atoms with Gasteiger partial charge in [-0.3, -0.25) is 14.3 Å². The number of aliphatic carboxylic acids is 1. The van der Waals surface area contributed by atoms with Crippen LogP contribution in [0.3, 0.4) is 0 Å². The SMILES string of the molecule is Cc1c([C@H](CC(=O)O)NC=O)cnn1C. The van der Waals surface area contributed by atoms with E-state index >= 15 is 0 Å². The average molecular weight is 211 g/mol. The number of nitrogens with zero attached hydrogens (tertiary/aromatic N) is 2. The minimum atomic E-state index is -0.961. The van der Waals surface area contributed by atoms with Gasteiger partial charge in [0.1, 0.15) is 0 Å². The number of carbonyl (C=O) groups is 2. The van der Waals surface area contributed by atoms with E-state index in [1.165, 1.54) is 0 Å². The Labute approximate surface area is 86.9 Å². The summed E-state index contributed by atoms with van der Waals surface area (Å²) in [5.74, 6) is -0.961. The number of hydrogen-bond acceptors (Lipinski definition) is 3. The van der Waals surface area contributed by atoms with E-state index < -0.39 is 12.0 Å². The van der Waals surface area contributed by atoms with E-state index in [2.05, 4.69) is 10.4 Å². The van der Waals surface area contributed by atoms with Gasteiger partial charge in [0, 0.05) is 18.3 Å². The van der Waals surface area contributed by atoms with Crippen LogP contribution in [0, 0.1) is 6.92 Å². The van der Waals surface area contributed by atoms with Crippen molar-refractivity contribution in [2.24, 2.45) is 7.05 Å². The van der Waals surface area contributed by atoms with Gasteiger partial charge in [0.05, 0.1) is 18.7 Å². The zero-order valence-corrected chi connectivity index (χ0v) is 8.60. The molecule has 1 rings (SSSR count). The number of aromatic nitrogens is 2. The molecule has 0 saturated heterocycles. The van der Waals surface area contributed by atoms with Gasteiger partial charge in [0.2, 0.25) is 6.41 Å². The molecule has 0 aromatic carbocycles. The number of aryl methyl sites for hydroxylation is 1. The van der Waals surface area contributed by atoms with Crippen LogP contribution in [0.1, 0.15) is 23.7 Å². The maximum absolute atomic E-state index is 10.6. The lowest BCUT2D eigenvalue weighted by Gasteiger charge is -2.13. The summed E-state index contributed by atoms with van der Waals surface area (Å²) in [4.78, 5) is 20.9. The Hall–Kier alpha value is -1.85. The molecule has 1 aromatic rings. The fourth-order valence-corrected chi connectivity index (χ4v) is 1.37. The smallest absolute Gasteiger partial charge is 0.305 e. The highest BCUT2D eigenvalue weighted by molar-refractivity contribution is 5.68. The summed E-state index contributed by atoms with van der Waals surface area (Å²) in [5, 5.41) is 15.2. The number of amides is 1. The largest absolute Gasteiger partial charge is 0.481 e. The second kappa shape index (κ2) is 4.59. The maximum atomic E-state index is 10.6. The molecule has 0 spiro atoms. The van der Waals surface area contributed by atoms with E-state index in [1.54, 1.807) is 17.9 Å². The molecule has 0 saturated carbocycles. The van der Waals surface area contributed by atoms with Crippen molar-refractivity contribution in [3.05, 3.63) is 17.5 Å². The lowest BCUT2D eigenvalue weighted by Crippen LogP contribution is -2.22. The molecular weight excluding hydrogens is 198 g/mol. The van der Waals surface area contributed by atoms with E-state index in [0.717, 1.165) is 11.3 Å². The third-order valence-electron chi connectivity index (χ3n) is 2.30. The average Bonchev–Trinajstić information content (AvgIpc) is 2.46. The molecule has 82 valence electrons. The molecule has 0 aliphatic rings. The lowest BCUT2D eigenvalue weighted by atomic mass is 10.1. The van der Waals surface area contributed by atoms with Crippen LogP contribution in [0.4, 0.5) is 0 Å². The van der Waals surface area contributed by atoms with Crippen molar-refractivity contribution in [1.82, 2.24) is 15.1 Å². The first kappa shape index (κ1) is 11.2. The summed E-state index contributed by atoms with van der Waals surface area (Å²) < 4.78 is 1.64. The first-order valence-corrected chi connectivity index (χ1v) is 4.46. The molecule has 0 fully saturated rings. The van der Waals surface area contributed by atoms with E-state index in [-0.39, 0.29) is 6.42 Å². The fourth-order valence-electron chi connectivity index (χ4n) is 1.37. The van der Waals surface area contributed by atoms with E-state index in [9.17, 15) is 9.59 Å². The molecule has 1 atom stereocenters. The molecule has 0 radical (unpaired) electrons. The van der Waals surface area contributed by atoms with Crippen molar-refractivity contribution in [2.45, 2.75) is 19.4 Å². The number of carboxylic acid groups (broad SMARTS) is 1. The molecule has 1 heterocycles. The normalized spacial score (nSPS) is 12.1. The van der Waals surface area contributed by atoms with E-state index in [0.29, 0.717) is 6.41 Å². The Balaban J connectivity index is 2.92. The second-order valence-corrected chi connectivity index (χ2v) is 3.24. The van der Waals surface area contributed by atoms with Crippen molar-refractivity contribution >= 4 is 12.4 Å². The molecule has 1 aromatic heterocycles. The van der Waals surface area contributed by atoms with Gasteiger partial charge >= 0.3 is 5.97 Å².